The molecule has 1 aromatic rings. The number of Topliss-reactive ketones (excluding diaryl/α,β-unsaturated/α-hetero) is 1. The van der Waals surface area contributed by atoms with Crippen LogP contribution in [-0.2, 0) is 0 Å². The van der Waals surface area contributed by atoms with Gasteiger partial charge in [0.25, 0.3) is 0 Å². The van der Waals surface area contributed by atoms with E-state index >= 15 is 0 Å². The number of hydrogen-bond acceptors (Lipinski definition) is 1. The third-order valence-electron chi connectivity index (χ3n) is 1.72. The highest BCUT2D eigenvalue weighted by molar-refractivity contribution is 6.01. The van der Waals surface area contributed by atoms with Crippen LogP contribution < -0.4 is 0 Å². The highest BCUT2D eigenvalue weighted by atomic mass is 19.2. The Bertz CT molecular complexity index is 366. The van der Waals surface area contributed by atoms with E-state index in [4.69, 9.17) is 0 Å². The first kappa shape index (κ1) is 10.8. The quantitative estimate of drug-likeness (QED) is 0.674. The molecule has 0 N–H and O–H groups in total. The van der Waals surface area contributed by atoms with Crippen LogP contribution in [0.5, 0.6) is 0 Å². The van der Waals surface area contributed by atoms with Crippen LogP contribution in [0.25, 0.3) is 0 Å². The molecule has 14 heavy (non-hydrogen) atoms. The van der Waals surface area contributed by atoms with Crippen LogP contribution in [0.1, 0.15) is 24.2 Å². The lowest BCUT2D eigenvalue weighted by Gasteiger charge is -2.12. The summed E-state index contributed by atoms with van der Waals surface area (Å²) in [6, 6.07) is 2.55. The van der Waals surface area contributed by atoms with Gasteiger partial charge < -0.3 is 0 Å². The molecule has 0 fully saturated rings. The summed E-state index contributed by atoms with van der Waals surface area (Å²) in [7, 11) is 0. The first-order chi connectivity index (χ1) is 6.32. The van der Waals surface area contributed by atoms with Gasteiger partial charge >= 0.3 is 0 Å². The second-order valence-corrected chi connectivity index (χ2v) is 3.43. The van der Waals surface area contributed by atoms with Gasteiger partial charge in [-0.2, -0.15) is 0 Å². The summed E-state index contributed by atoms with van der Waals surface area (Å²) in [5, 5.41) is 0. The summed E-state index contributed by atoms with van der Waals surface area (Å²) in [5.74, 6) is -3.07. The van der Waals surface area contributed by atoms with Crippen molar-refractivity contribution >= 4 is 5.78 Å². The lowest BCUT2D eigenvalue weighted by Crippen LogP contribution is -2.26. The fraction of sp³-hybridized carbons (Fsp3) is 0.300. The van der Waals surface area contributed by atoms with Crippen LogP contribution in [0.15, 0.2) is 18.2 Å². The van der Waals surface area contributed by atoms with E-state index < -0.39 is 23.1 Å². The molecule has 0 aliphatic rings. The molecule has 0 unspecified atom stereocenters. The summed E-state index contributed by atoms with van der Waals surface area (Å²) in [6.45, 7) is 2.13. The Morgan fingerprint density at radius 3 is 2.21 bits per heavy atom. The fourth-order valence-electron chi connectivity index (χ4n) is 0.981. The van der Waals surface area contributed by atoms with Gasteiger partial charge in [0, 0.05) is 5.56 Å². The Morgan fingerprint density at radius 1 is 1.21 bits per heavy atom. The first-order valence-electron chi connectivity index (χ1n) is 4.01. The smallest absolute Gasteiger partial charge is 0.199 e. The Balaban J connectivity index is 3.10. The second kappa shape index (κ2) is 3.44. The normalized spacial score (nSPS) is 11.5. The zero-order chi connectivity index (χ0) is 10.9. The van der Waals surface area contributed by atoms with Gasteiger partial charge in [-0.05, 0) is 32.0 Å². The molecule has 0 heterocycles. The van der Waals surface area contributed by atoms with Gasteiger partial charge in [-0.25, -0.2) is 13.2 Å². The van der Waals surface area contributed by atoms with E-state index in [1.54, 1.807) is 0 Å². The maximum absolute atomic E-state index is 13.1. The number of hydrogen-bond donors (Lipinski definition) is 0. The minimum Gasteiger partial charge on any atom is -0.291 e. The number of benzene rings is 1. The Hall–Kier alpha value is -1.32. The molecule has 0 bridgehead atoms. The van der Waals surface area contributed by atoms with Crippen molar-refractivity contribution in [1.29, 1.82) is 0 Å². The Kier molecular flexibility index (Phi) is 2.64. The lowest BCUT2D eigenvalue weighted by atomic mass is 9.98. The summed E-state index contributed by atoms with van der Waals surface area (Å²) in [6.07, 6.45) is 0. The van der Waals surface area contributed by atoms with Gasteiger partial charge in [0.2, 0.25) is 0 Å². The van der Waals surface area contributed by atoms with Crippen LogP contribution >= 0.6 is 0 Å². The first-order valence-corrected chi connectivity index (χ1v) is 4.01. The number of carbonyl (C=O) groups is 1. The molecule has 0 aromatic heterocycles. The van der Waals surface area contributed by atoms with Crippen molar-refractivity contribution in [3.05, 3.63) is 35.4 Å². The molecule has 4 heteroatoms. The van der Waals surface area contributed by atoms with Crippen molar-refractivity contribution in [2.75, 3.05) is 0 Å². The summed E-state index contributed by atoms with van der Waals surface area (Å²) in [4.78, 5) is 11.3. The molecule has 0 amide bonds. The van der Waals surface area contributed by atoms with E-state index in [9.17, 15) is 18.0 Å². The van der Waals surface area contributed by atoms with Crippen molar-refractivity contribution in [3.8, 4) is 0 Å². The second-order valence-electron chi connectivity index (χ2n) is 3.43. The van der Waals surface area contributed by atoms with E-state index in [1.165, 1.54) is 0 Å². The van der Waals surface area contributed by atoms with Crippen molar-refractivity contribution in [1.82, 2.24) is 0 Å². The molecule has 0 radical (unpaired) electrons. The van der Waals surface area contributed by atoms with Crippen molar-refractivity contribution in [3.63, 3.8) is 0 Å². The van der Waals surface area contributed by atoms with Crippen molar-refractivity contribution in [2.24, 2.45) is 0 Å². The van der Waals surface area contributed by atoms with Gasteiger partial charge in [0.15, 0.2) is 23.1 Å². The van der Waals surface area contributed by atoms with Gasteiger partial charge in [0.05, 0.1) is 0 Å². The Labute approximate surface area is 79.5 Å². The molecule has 0 aliphatic heterocycles. The summed E-state index contributed by atoms with van der Waals surface area (Å²) in [5.41, 5.74) is -2.25. The molecule has 1 rings (SSSR count). The maximum Gasteiger partial charge on any atom is 0.199 e. The van der Waals surface area contributed by atoms with E-state index in [2.05, 4.69) is 0 Å². The molecule has 0 spiro atoms. The molecule has 0 aliphatic carbocycles. The van der Waals surface area contributed by atoms with E-state index in [0.717, 1.165) is 26.0 Å². The van der Waals surface area contributed by atoms with Crippen molar-refractivity contribution in [2.45, 2.75) is 19.5 Å². The predicted octanol–water partition coefficient (Wildman–Crippen LogP) is 2.90. The number of rotatable bonds is 2. The topological polar surface area (TPSA) is 17.1 Å². The zero-order valence-corrected chi connectivity index (χ0v) is 7.77. The van der Waals surface area contributed by atoms with E-state index in [1.807, 2.05) is 0 Å². The van der Waals surface area contributed by atoms with Gasteiger partial charge in [-0.15, -0.1) is 0 Å². The van der Waals surface area contributed by atoms with Crippen LogP contribution in [0.3, 0.4) is 0 Å². The third-order valence-corrected chi connectivity index (χ3v) is 1.72. The predicted molar refractivity (Wildman–Crippen MR) is 45.9 cm³/mol. The summed E-state index contributed by atoms with van der Waals surface area (Å²) >= 11 is 0. The van der Waals surface area contributed by atoms with Crippen LogP contribution in [0, 0.1) is 11.6 Å². The Morgan fingerprint density at radius 2 is 1.79 bits per heavy atom. The molecule has 0 saturated heterocycles. The average molecular weight is 202 g/mol. The molecular formula is C10H9F3O. The standard InChI is InChI=1S/C10H9F3O/c1-10(2,13)9(14)6-3-4-7(11)8(12)5-6/h3-5H,1-2H3. The maximum atomic E-state index is 13.1. The third kappa shape index (κ3) is 2.13. The molecular weight excluding hydrogens is 193 g/mol. The van der Waals surface area contributed by atoms with Gasteiger partial charge in [-0.3, -0.25) is 4.79 Å². The number of halogens is 3. The fourth-order valence-corrected chi connectivity index (χ4v) is 0.981. The highest BCUT2D eigenvalue weighted by Gasteiger charge is 2.28. The van der Waals surface area contributed by atoms with Gasteiger partial charge in [0.1, 0.15) is 0 Å². The van der Waals surface area contributed by atoms with E-state index in [0.29, 0.717) is 6.07 Å². The number of carbonyl (C=O) groups excluding carboxylic acids is 1. The average Bonchev–Trinajstić information content (AvgIpc) is 2.07. The van der Waals surface area contributed by atoms with Crippen LogP contribution in [0.4, 0.5) is 13.2 Å². The van der Waals surface area contributed by atoms with E-state index in [-0.39, 0.29) is 5.56 Å². The summed E-state index contributed by atoms with van der Waals surface area (Å²) < 4.78 is 38.3. The molecule has 1 nitrogen and oxygen atoms in total. The number of ketones is 1. The van der Waals surface area contributed by atoms with Crippen LogP contribution in [0.2, 0.25) is 0 Å². The largest absolute Gasteiger partial charge is 0.291 e. The molecule has 0 atom stereocenters. The molecule has 76 valence electrons. The van der Waals surface area contributed by atoms with Crippen molar-refractivity contribution < 1.29 is 18.0 Å². The monoisotopic (exact) mass is 202 g/mol. The minimum atomic E-state index is -2.08. The SMILES string of the molecule is CC(C)(F)C(=O)c1ccc(F)c(F)c1. The highest BCUT2D eigenvalue weighted by Crippen LogP contribution is 2.18. The zero-order valence-electron chi connectivity index (χ0n) is 7.77. The number of alkyl halides is 1. The van der Waals surface area contributed by atoms with Gasteiger partial charge in [-0.1, -0.05) is 0 Å². The van der Waals surface area contributed by atoms with Crippen LogP contribution in [-0.4, -0.2) is 11.5 Å². The molecule has 0 saturated carbocycles. The minimum absolute atomic E-state index is 0.170. The molecule has 1 aromatic carbocycles. The lowest BCUT2D eigenvalue weighted by molar-refractivity contribution is 0.0759.